The fourth-order valence-electron chi connectivity index (χ4n) is 1.83. The molecular weight excluding hydrogens is 197 g/mol. The van der Waals surface area contributed by atoms with Crippen LogP contribution in [0.15, 0.2) is 0 Å². The molecule has 0 bridgehead atoms. The summed E-state index contributed by atoms with van der Waals surface area (Å²) < 4.78 is 16.7. The number of hydrogen-bond acceptors (Lipinski definition) is 3. The summed E-state index contributed by atoms with van der Waals surface area (Å²) in [6.45, 7) is 1.30. The van der Waals surface area contributed by atoms with Crippen LogP contribution in [0.1, 0.15) is 38.5 Å². The first-order valence-corrected chi connectivity index (χ1v) is 6.97. The molecule has 4 heteroatoms. The van der Waals surface area contributed by atoms with Gasteiger partial charge in [-0.1, -0.05) is 19.3 Å². The van der Waals surface area contributed by atoms with Gasteiger partial charge in [-0.05, 0) is 29.9 Å². The largest absolute Gasteiger partial charge is 0.508 e. The van der Waals surface area contributed by atoms with Crippen LogP contribution in [0.4, 0.5) is 0 Å². The van der Waals surface area contributed by atoms with Crippen molar-refractivity contribution in [1.82, 2.24) is 0 Å². The second-order valence-electron chi connectivity index (χ2n) is 4.00. The van der Waals surface area contributed by atoms with Crippen molar-refractivity contribution in [3.05, 3.63) is 0 Å². The van der Waals surface area contributed by atoms with Crippen molar-refractivity contribution >= 4 is 8.03 Å². The fraction of sp³-hybridized carbons (Fsp3) is 1.00. The van der Waals surface area contributed by atoms with E-state index in [1.807, 2.05) is 0 Å². The van der Waals surface area contributed by atoms with Crippen LogP contribution in [0.3, 0.4) is 0 Å². The van der Waals surface area contributed by atoms with Gasteiger partial charge in [0, 0.05) is 6.42 Å². The van der Waals surface area contributed by atoms with E-state index in [1.54, 1.807) is 0 Å². The van der Waals surface area contributed by atoms with Gasteiger partial charge in [0.15, 0.2) is 6.16 Å². The Morgan fingerprint density at radius 3 is 2.64 bits per heavy atom. The molecule has 0 aliphatic heterocycles. The van der Waals surface area contributed by atoms with E-state index in [-0.39, 0.29) is 0 Å². The van der Waals surface area contributed by atoms with Gasteiger partial charge < -0.3 is 5.73 Å². The lowest BCUT2D eigenvalue weighted by Gasteiger charge is -2.18. The van der Waals surface area contributed by atoms with Crippen molar-refractivity contribution in [2.45, 2.75) is 38.5 Å². The van der Waals surface area contributed by atoms with Crippen LogP contribution < -0.4 is 5.73 Å². The molecule has 0 aromatic heterocycles. The van der Waals surface area contributed by atoms with E-state index in [4.69, 9.17) is 10.3 Å². The molecule has 0 radical (unpaired) electrons. The highest BCUT2D eigenvalue weighted by Crippen LogP contribution is 2.29. The minimum atomic E-state index is -1.44. The summed E-state index contributed by atoms with van der Waals surface area (Å²) in [7, 11) is -1.44. The Labute approximate surface area is 87.3 Å². The van der Waals surface area contributed by atoms with E-state index < -0.39 is 8.03 Å². The smallest absolute Gasteiger partial charge is 0.330 e. The first-order chi connectivity index (χ1) is 6.83. The molecule has 0 heterocycles. The molecule has 1 fully saturated rings. The highest BCUT2D eigenvalue weighted by molar-refractivity contribution is 7.39. The zero-order valence-electron chi connectivity index (χ0n) is 8.78. The van der Waals surface area contributed by atoms with Crippen LogP contribution in [0, 0.1) is 5.92 Å². The minimum absolute atomic E-state index is 0.605. The van der Waals surface area contributed by atoms with Gasteiger partial charge in [0.05, 0.1) is 0 Å². The van der Waals surface area contributed by atoms with Gasteiger partial charge in [-0.25, -0.2) is 0 Å². The van der Waals surface area contributed by atoms with Crippen LogP contribution in [-0.2, 0) is 9.09 Å². The molecule has 1 rings (SSSR count). The van der Waals surface area contributed by atoms with Crippen LogP contribution in [0.5, 0.6) is 0 Å². The van der Waals surface area contributed by atoms with E-state index in [1.165, 1.54) is 32.1 Å². The molecule has 0 spiro atoms. The maximum absolute atomic E-state index is 11.3. The van der Waals surface area contributed by atoms with Crippen LogP contribution >= 0.6 is 8.03 Å². The van der Waals surface area contributed by atoms with E-state index in [0.717, 1.165) is 6.42 Å². The topological polar surface area (TPSA) is 52.3 Å². The average Bonchev–Trinajstić information content (AvgIpc) is 2.25. The molecule has 1 unspecified atom stereocenters. The van der Waals surface area contributed by atoms with Crippen molar-refractivity contribution in [2.75, 3.05) is 19.3 Å². The Hall–Kier alpha value is 0.0200. The lowest BCUT2D eigenvalue weighted by Crippen LogP contribution is -2.11. The first-order valence-electron chi connectivity index (χ1n) is 5.60. The highest BCUT2D eigenvalue weighted by atomic mass is 31.1. The second-order valence-corrected chi connectivity index (χ2v) is 5.37. The molecule has 1 atom stereocenters. The van der Waals surface area contributed by atoms with Crippen LogP contribution in [-0.4, -0.2) is 19.3 Å². The highest BCUT2D eigenvalue weighted by Gasteiger charge is 2.21. The van der Waals surface area contributed by atoms with E-state index in [2.05, 4.69) is 0 Å². The van der Waals surface area contributed by atoms with Gasteiger partial charge in [-0.3, -0.25) is 0 Å². The lowest BCUT2D eigenvalue weighted by atomic mass is 9.90. The minimum Gasteiger partial charge on any atom is -0.330 e. The summed E-state index contributed by atoms with van der Waals surface area (Å²) in [6.07, 6.45) is 7.91. The predicted octanol–water partition coefficient (Wildman–Crippen LogP) is 2.67. The van der Waals surface area contributed by atoms with E-state index in [9.17, 15) is 4.57 Å². The Balaban J connectivity index is 2.03. The third-order valence-corrected chi connectivity index (χ3v) is 3.84. The molecule has 2 N–H and O–H groups in total. The van der Waals surface area contributed by atoms with Gasteiger partial charge in [0.2, 0.25) is 0 Å². The maximum Gasteiger partial charge on any atom is 0.508 e. The normalized spacial score (nSPS) is 19.6. The summed E-state index contributed by atoms with van der Waals surface area (Å²) in [5.41, 5.74) is 5.33. The lowest BCUT2D eigenvalue weighted by molar-refractivity contribution is 0.217. The summed E-state index contributed by atoms with van der Waals surface area (Å²) in [6, 6.07) is 0. The summed E-state index contributed by atoms with van der Waals surface area (Å²) in [5, 5.41) is 0. The quantitative estimate of drug-likeness (QED) is 0.697. The average molecular weight is 218 g/mol. The fourth-order valence-corrected chi connectivity index (χ4v) is 2.77. The Bertz CT molecular complexity index is 170. The van der Waals surface area contributed by atoms with Crippen molar-refractivity contribution < 1.29 is 9.09 Å². The van der Waals surface area contributed by atoms with Gasteiger partial charge >= 0.3 is 8.03 Å². The Morgan fingerprint density at radius 2 is 2.00 bits per heavy atom. The second kappa shape index (κ2) is 7.33. The third-order valence-electron chi connectivity index (χ3n) is 2.72. The van der Waals surface area contributed by atoms with Crippen molar-refractivity contribution in [2.24, 2.45) is 11.7 Å². The maximum atomic E-state index is 11.3. The van der Waals surface area contributed by atoms with Gasteiger partial charge in [0.25, 0.3) is 0 Å². The number of nitrogens with two attached hydrogens (primary N) is 1. The molecular formula is C10H21NO2P+. The molecule has 0 saturated heterocycles. The van der Waals surface area contributed by atoms with Gasteiger partial charge in [-0.15, -0.1) is 4.52 Å². The Morgan fingerprint density at radius 1 is 1.29 bits per heavy atom. The van der Waals surface area contributed by atoms with Crippen LogP contribution in [0.2, 0.25) is 0 Å². The molecule has 14 heavy (non-hydrogen) atoms. The number of rotatable bonds is 6. The molecule has 0 aromatic carbocycles. The molecule has 82 valence electrons. The van der Waals surface area contributed by atoms with E-state index in [0.29, 0.717) is 25.2 Å². The summed E-state index contributed by atoms with van der Waals surface area (Å²) in [4.78, 5) is 0. The molecule has 1 saturated carbocycles. The van der Waals surface area contributed by atoms with Crippen molar-refractivity contribution in [1.29, 1.82) is 0 Å². The molecule has 0 aromatic rings. The van der Waals surface area contributed by atoms with E-state index >= 15 is 0 Å². The number of hydrogen-bond donors (Lipinski definition) is 1. The van der Waals surface area contributed by atoms with Gasteiger partial charge in [0.1, 0.15) is 6.61 Å². The Kier molecular flexibility index (Phi) is 6.33. The third kappa shape index (κ3) is 5.04. The molecule has 3 nitrogen and oxygen atoms in total. The van der Waals surface area contributed by atoms with Crippen LogP contribution in [0.25, 0.3) is 0 Å². The zero-order chi connectivity index (χ0) is 10.2. The van der Waals surface area contributed by atoms with Gasteiger partial charge in [-0.2, -0.15) is 0 Å². The molecule has 1 aliphatic rings. The first kappa shape index (κ1) is 12.1. The molecule has 0 amide bonds. The molecule has 1 aliphatic carbocycles. The van der Waals surface area contributed by atoms with Crippen molar-refractivity contribution in [3.63, 3.8) is 0 Å². The SMILES string of the molecule is NCCC[P+](=O)OCC1CCCCC1. The predicted molar refractivity (Wildman–Crippen MR) is 58.7 cm³/mol. The zero-order valence-corrected chi connectivity index (χ0v) is 9.68. The van der Waals surface area contributed by atoms with Crippen molar-refractivity contribution in [3.8, 4) is 0 Å². The standard InChI is InChI=1S/C10H21NO2P/c11-7-4-8-14(12)13-9-10-5-2-1-3-6-10/h10H,1-9,11H2/q+1. The summed E-state index contributed by atoms with van der Waals surface area (Å²) >= 11 is 0. The summed E-state index contributed by atoms with van der Waals surface area (Å²) in [5.74, 6) is 0.653. The monoisotopic (exact) mass is 218 g/mol.